The fourth-order valence-corrected chi connectivity index (χ4v) is 5.06. The van der Waals surface area contributed by atoms with Crippen molar-refractivity contribution in [3.63, 3.8) is 0 Å². The summed E-state index contributed by atoms with van der Waals surface area (Å²) in [7, 11) is 1.46. The van der Waals surface area contributed by atoms with E-state index in [-0.39, 0.29) is 17.3 Å². The van der Waals surface area contributed by atoms with Gasteiger partial charge in [-0.15, -0.1) is 0 Å². The van der Waals surface area contributed by atoms with Gasteiger partial charge in [-0.25, -0.2) is 0 Å². The number of carboxylic acids is 1. The van der Waals surface area contributed by atoms with Crippen LogP contribution >= 0.6 is 11.6 Å². The van der Waals surface area contributed by atoms with Gasteiger partial charge in [0, 0.05) is 24.1 Å². The molecule has 0 aromatic heterocycles. The van der Waals surface area contributed by atoms with Crippen molar-refractivity contribution >= 4 is 46.4 Å². The Morgan fingerprint density at radius 3 is 2.53 bits per heavy atom. The number of nitrogens with zero attached hydrogens (tertiary/aromatic N) is 2. The number of rotatable bonds is 7. The molecule has 1 aromatic carbocycles. The average Bonchev–Trinajstić information content (AvgIpc) is 3.38. The Balaban J connectivity index is 0.000000261. The van der Waals surface area contributed by atoms with Gasteiger partial charge in [-0.1, -0.05) is 29.8 Å². The maximum atomic E-state index is 12.5. The molecule has 196 valence electrons. The summed E-state index contributed by atoms with van der Waals surface area (Å²) in [6, 6.07) is 6.21. The van der Waals surface area contributed by atoms with Crippen LogP contribution in [0.15, 0.2) is 42.0 Å². The molecular weight excluding hydrogens is 530 g/mol. The molecular formula is C26H27ClN2NiO6-2. The third kappa shape index (κ3) is 6.26. The van der Waals surface area contributed by atoms with E-state index in [9.17, 15) is 24.0 Å². The topological polar surface area (TPSA) is 112 Å². The number of likely N-dealkylation sites (N-methyl/N-ethyl adjacent to an activating group) is 1. The maximum absolute atomic E-state index is 12.5. The number of aliphatic carboxylic acids is 1. The SMILES string of the molecule is CN(C(=O)[C-]=O)C1(c2ccccc2Cl)CCCCC1=O.[CH-]=C/C=C(\[CH]=[Ni])C(=O)N1CCC[C@H]1C(=O)O. The zero-order valence-electron chi connectivity index (χ0n) is 19.7. The van der Waals surface area contributed by atoms with Gasteiger partial charge in [-0.2, -0.15) is 6.29 Å². The van der Waals surface area contributed by atoms with E-state index in [0.717, 1.165) is 12.8 Å². The normalized spacial score (nSPS) is 21.7. The van der Waals surface area contributed by atoms with Gasteiger partial charge < -0.3 is 14.5 Å². The molecule has 10 heteroatoms. The zero-order chi connectivity index (χ0) is 26.9. The molecule has 1 unspecified atom stereocenters. The number of amides is 2. The van der Waals surface area contributed by atoms with Crippen LogP contribution in [0.25, 0.3) is 0 Å². The summed E-state index contributed by atoms with van der Waals surface area (Å²) in [5, 5.41) is 9.36. The van der Waals surface area contributed by atoms with Gasteiger partial charge in [0.25, 0.3) is 0 Å². The molecule has 3 rings (SSSR count). The van der Waals surface area contributed by atoms with Gasteiger partial charge >= 0.3 is 101 Å². The van der Waals surface area contributed by atoms with E-state index < -0.39 is 23.5 Å². The van der Waals surface area contributed by atoms with Gasteiger partial charge in [-0.05, 0) is 25.3 Å². The van der Waals surface area contributed by atoms with Crippen LogP contribution in [0.3, 0.4) is 0 Å². The van der Waals surface area contributed by atoms with Crippen molar-refractivity contribution in [3.8, 4) is 0 Å². The Labute approximate surface area is 222 Å². The molecule has 2 atom stereocenters. The van der Waals surface area contributed by atoms with E-state index >= 15 is 0 Å². The van der Waals surface area contributed by atoms with E-state index in [1.54, 1.807) is 24.3 Å². The van der Waals surface area contributed by atoms with Crippen molar-refractivity contribution in [2.24, 2.45) is 0 Å². The van der Waals surface area contributed by atoms with E-state index in [2.05, 4.69) is 15.0 Å². The first-order valence-corrected chi connectivity index (χ1v) is 12.2. The van der Waals surface area contributed by atoms with E-state index in [1.165, 1.54) is 40.3 Å². The van der Waals surface area contributed by atoms with Gasteiger partial charge in [0.2, 0.25) is 0 Å². The summed E-state index contributed by atoms with van der Waals surface area (Å²) >= 11 is 10.6. The quantitative estimate of drug-likeness (QED) is 0.181. The molecule has 0 radical (unpaired) electrons. The molecule has 1 aliphatic carbocycles. The molecule has 2 fully saturated rings. The zero-order valence-corrected chi connectivity index (χ0v) is 21.5. The van der Waals surface area contributed by atoms with Crippen LogP contribution in [0.2, 0.25) is 5.02 Å². The van der Waals surface area contributed by atoms with Gasteiger partial charge in [0.05, 0.1) is 0 Å². The predicted molar refractivity (Wildman–Crippen MR) is 130 cm³/mol. The number of allylic oxidation sites excluding steroid dienone is 2. The van der Waals surface area contributed by atoms with Crippen LogP contribution in [0.1, 0.15) is 44.1 Å². The van der Waals surface area contributed by atoms with Crippen LogP contribution in [-0.4, -0.2) is 69.4 Å². The predicted octanol–water partition coefficient (Wildman–Crippen LogP) is 2.57. The number of hydrogen-bond donors (Lipinski definition) is 1. The monoisotopic (exact) mass is 556 g/mol. The number of hydrogen-bond acceptors (Lipinski definition) is 5. The fourth-order valence-electron chi connectivity index (χ4n) is 4.55. The fraction of sp³-hybridized carbons (Fsp3) is 0.385. The Hall–Kier alpha value is -2.90. The molecule has 2 aliphatic rings. The molecule has 1 aliphatic heterocycles. The van der Waals surface area contributed by atoms with Gasteiger partial charge in [0.15, 0.2) is 5.78 Å². The van der Waals surface area contributed by atoms with Crippen LogP contribution in [0.4, 0.5) is 0 Å². The van der Waals surface area contributed by atoms with Crippen LogP contribution < -0.4 is 0 Å². The number of carbonyl (C=O) groups excluding carboxylic acids is 4. The standard InChI is InChI=1S/C15H15ClNO3.C11H12NO3.Ni/c1-17(14(20)10-18)15(9-5-4-8-13(15)19)11-6-2-3-7-12(11)16;1-3-5-8(2)10(13)12-7-4-6-9(12)11(14)15;/h2-3,6-7H,4-5,8-9H2,1H3;1-3,5,9H,4,6-7H2,(H,14,15);/q2*-1;/b;8-5+;/t;9-;/m.0./s1. The van der Waals surface area contributed by atoms with Gasteiger partial charge in [-0.3, -0.25) is 4.79 Å². The summed E-state index contributed by atoms with van der Waals surface area (Å²) in [5.41, 5.74) is -0.307. The summed E-state index contributed by atoms with van der Waals surface area (Å²) in [6.45, 7) is 5.64. The molecule has 8 nitrogen and oxygen atoms in total. The second-order valence-corrected chi connectivity index (χ2v) is 9.03. The molecule has 2 amide bonds. The molecule has 1 aromatic rings. The van der Waals surface area contributed by atoms with Gasteiger partial charge in [0.1, 0.15) is 11.4 Å². The van der Waals surface area contributed by atoms with Crippen molar-refractivity contribution in [1.29, 1.82) is 0 Å². The number of Topliss-reactive ketones (excluding diaryl/α,β-unsaturated/α-hetero) is 1. The first-order chi connectivity index (χ1) is 17.1. The Morgan fingerprint density at radius 2 is 1.97 bits per heavy atom. The second kappa shape index (κ2) is 13.4. The van der Waals surface area contributed by atoms with E-state index in [1.807, 2.05) is 0 Å². The van der Waals surface area contributed by atoms with Crippen LogP contribution in [-0.2, 0) is 44.5 Å². The molecule has 0 bridgehead atoms. The second-order valence-electron chi connectivity index (χ2n) is 8.34. The number of carboxylic acid groups (broad SMARTS) is 1. The number of carbonyl (C=O) groups is 4. The van der Waals surface area contributed by atoms with Crippen molar-refractivity contribution < 1.29 is 44.1 Å². The minimum atomic E-state index is -1.15. The number of halogens is 1. The Bertz CT molecular complexity index is 1090. The number of benzene rings is 1. The van der Waals surface area contributed by atoms with E-state index in [4.69, 9.17) is 23.3 Å². The van der Waals surface area contributed by atoms with Crippen molar-refractivity contribution in [2.75, 3.05) is 13.6 Å². The first kappa shape index (κ1) is 29.3. The third-order valence-electron chi connectivity index (χ3n) is 6.36. The molecule has 36 heavy (non-hydrogen) atoms. The Kier molecular flexibility index (Phi) is 10.9. The molecule has 1 N–H and O–H groups in total. The summed E-state index contributed by atoms with van der Waals surface area (Å²) in [4.78, 5) is 61.6. The first-order valence-electron chi connectivity index (χ1n) is 11.3. The van der Waals surface area contributed by atoms with Crippen molar-refractivity contribution in [1.82, 2.24) is 9.80 Å². The number of likely N-dealkylation sites (tertiary alicyclic amines) is 1. The van der Waals surface area contributed by atoms with E-state index in [0.29, 0.717) is 42.8 Å². The summed E-state index contributed by atoms with van der Waals surface area (Å²) in [5.74, 6) is -2.25. The molecule has 1 saturated heterocycles. The summed E-state index contributed by atoms with van der Waals surface area (Å²) in [6.07, 6.45) is 7.57. The van der Waals surface area contributed by atoms with Crippen molar-refractivity contribution in [3.05, 3.63) is 59.2 Å². The third-order valence-corrected chi connectivity index (χ3v) is 6.99. The molecule has 1 heterocycles. The molecule has 1 saturated carbocycles. The minimum absolute atomic E-state index is 0.0806. The van der Waals surface area contributed by atoms with Crippen LogP contribution in [0, 0.1) is 6.58 Å². The molecule has 0 spiro atoms. The summed E-state index contributed by atoms with van der Waals surface area (Å²) < 4.78 is 0. The average molecular weight is 558 g/mol. The van der Waals surface area contributed by atoms with Crippen molar-refractivity contribution in [2.45, 2.75) is 50.1 Å². The van der Waals surface area contributed by atoms with Crippen LogP contribution in [0.5, 0.6) is 0 Å². The number of ketones is 1. The Morgan fingerprint density at radius 1 is 1.28 bits per heavy atom.